The van der Waals surface area contributed by atoms with Crippen LogP contribution in [0, 0.1) is 10.7 Å². The van der Waals surface area contributed by atoms with Gasteiger partial charge in [0.25, 0.3) is 0 Å². The molecule has 0 radical (unpaired) electrons. The monoisotopic (exact) mass is 754 g/mol. The summed E-state index contributed by atoms with van der Waals surface area (Å²) in [5, 5.41) is 8.78. The summed E-state index contributed by atoms with van der Waals surface area (Å²) in [7, 11) is -0.0644. The summed E-state index contributed by atoms with van der Waals surface area (Å²) in [4.78, 5) is 12.9. The number of hydrogen-bond acceptors (Lipinski definition) is 2. The molecule has 0 aromatic heterocycles. The number of rotatable bonds is 3. The van der Waals surface area contributed by atoms with Crippen LogP contribution in [0.25, 0.3) is 0 Å². The summed E-state index contributed by atoms with van der Waals surface area (Å²) in [6.45, 7) is 0. The smallest absolute Gasteiger partial charge is 0.430 e. The molecule has 0 aliphatic heterocycles. The van der Waals surface area contributed by atoms with Gasteiger partial charge in [0, 0.05) is 3.57 Å². The van der Waals surface area contributed by atoms with Crippen LogP contribution < -0.4 is 5.11 Å². The van der Waals surface area contributed by atoms with Crippen molar-refractivity contribution in [2.24, 2.45) is 0 Å². The summed E-state index contributed by atoms with van der Waals surface area (Å²) < 4.78 is 35.5. The SMILES string of the molecule is Ic1cc(I)c([S+](c2ccccc2)c2ccccc2)c(I)c1.O=C([O-])C(F)(F)F. The van der Waals surface area contributed by atoms with Gasteiger partial charge < -0.3 is 9.90 Å². The molecule has 0 atom stereocenters. The van der Waals surface area contributed by atoms with Gasteiger partial charge in [-0.15, -0.1) is 0 Å². The highest BCUT2D eigenvalue weighted by atomic mass is 127. The van der Waals surface area contributed by atoms with Gasteiger partial charge in [-0.1, -0.05) is 36.4 Å². The second-order valence-electron chi connectivity index (χ2n) is 5.42. The van der Waals surface area contributed by atoms with Gasteiger partial charge in [0.15, 0.2) is 14.7 Å². The van der Waals surface area contributed by atoms with Crippen molar-refractivity contribution < 1.29 is 23.1 Å². The number of hydrogen-bond donors (Lipinski definition) is 0. The first-order chi connectivity index (χ1) is 13.6. The van der Waals surface area contributed by atoms with E-state index < -0.39 is 12.1 Å². The lowest BCUT2D eigenvalue weighted by Gasteiger charge is -2.11. The predicted octanol–water partition coefficient (Wildman–Crippen LogP) is 5.89. The lowest BCUT2D eigenvalue weighted by molar-refractivity contribution is -0.344. The highest BCUT2D eigenvalue weighted by Gasteiger charge is 2.33. The fourth-order valence-corrected chi connectivity index (χ4v) is 9.22. The van der Waals surface area contributed by atoms with E-state index in [1.165, 1.54) is 25.4 Å². The highest BCUT2D eigenvalue weighted by Crippen LogP contribution is 2.37. The molecule has 0 bridgehead atoms. The molecule has 0 saturated heterocycles. The highest BCUT2D eigenvalue weighted by molar-refractivity contribution is 14.1. The summed E-state index contributed by atoms with van der Waals surface area (Å²) >= 11 is 7.35. The van der Waals surface area contributed by atoms with Crippen LogP contribution in [-0.4, -0.2) is 12.1 Å². The number of aliphatic carboxylic acids is 1. The molecule has 0 spiro atoms. The Hall–Kier alpha value is -0.540. The normalized spacial score (nSPS) is 11.0. The third-order valence-corrected chi connectivity index (χ3v) is 8.75. The van der Waals surface area contributed by atoms with Crippen molar-refractivity contribution >= 4 is 84.6 Å². The first-order valence-corrected chi connectivity index (χ1v) is 12.3. The van der Waals surface area contributed by atoms with E-state index in [0.29, 0.717) is 0 Å². The quantitative estimate of drug-likeness (QED) is 0.247. The maximum absolute atomic E-state index is 10.5. The van der Waals surface area contributed by atoms with Crippen molar-refractivity contribution in [2.75, 3.05) is 0 Å². The summed E-state index contributed by atoms with van der Waals surface area (Å²) in [6.07, 6.45) is -5.19. The molecule has 0 saturated carbocycles. The molecular weight excluding hydrogens is 742 g/mol. The van der Waals surface area contributed by atoms with Crippen LogP contribution in [0.1, 0.15) is 0 Å². The topological polar surface area (TPSA) is 40.1 Å². The minimum Gasteiger partial charge on any atom is -0.542 e. The Labute approximate surface area is 210 Å². The zero-order valence-corrected chi connectivity index (χ0v) is 21.7. The van der Waals surface area contributed by atoms with Gasteiger partial charge >= 0.3 is 6.18 Å². The molecule has 0 heterocycles. The molecule has 0 fully saturated rings. The lowest BCUT2D eigenvalue weighted by atomic mass is 10.4. The lowest BCUT2D eigenvalue weighted by Crippen LogP contribution is -2.37. The molecule has 3 rings (SSSR count). The second kappa shape index (κ2) is 11.2. The minimum absolute atomic E-state index is 0.0644. The Kier molecular flexibility index (Phi) is 9.54. The molecule has 0 amide bonds. The van der Waals surface area contributed by atoms with Crippen LogP contribution in [0.3, 0.4) is 0 Å². The number of carbonyl (C=O) groups excluding carboxylic acids is 1. The van der Waals surface area contributed by atoms with Crippen molar-refractivity contribution in [1.29, 1.82) is 0 Å². The third kappa shape index (κ3) is 7.28. The van der Waals surface area contributed by atoms with E-state index in [0.717, 1.165) is 0 Å². The zero-order valence-electron chi connectivity index (χ0n) is 14.4. The van der Waals surface area contributed by atoms with Crippen molar-refractivity contribution in [1.82, 2.24) is 0 Å². The van der Waals surface area contributed by atoms with E-state index in [-0.39, 0.29) is 10.9 Å². The summed E-state index contributed by atoms with van der Waals surface area (Å²) in [6, 6.07) is 26.2. The van der Waals surface area contributed by atoms with E-state index in [1.54, 1.807) is 0 Å². The number of carboxylic acids is 1. The van der Waals surface area contributed by atoms with Crippen molar-refractivity contribution in [3.05, 3.63) is 83.5 Å². The average Bonchev–Trinajstić information content (AvgIpc) is 2.65. The van der Waals surface area contributed by atoms with Gasteiger partial charge in [-0.3, -0.25) is 0 Å². The van der Waals surface area contributed by atoms with E-state index >= 15 is 0 Å². The second-order valence-corrected chi connectivity index (χ2v) is 10.9. The molecule has 0 N–H and O–H groups in total. The average molecular weight is 754 g/mol. The van der Waals surface area contributed by atoms with Gasteiger partial charge in [0.05, 0.1) is 7.14 Å². The van der Waals surface area contributed by atoms with Crippen LogP contribution in [0.4, 0.5) is 13.2 Å². The van der Waals surface area contributed by atoms with Gasteiger partial charge in [-0.25, -0.2) is 0 Å². The Morgan fingerprint density at radius 2 is 1.14 bits per heavy atom. The van der Waals surface area contributed by atoms with E-state index in [9.17, 15) is 13.2 Å². The van der Waals surface area contributed by atoms with Gasteiger partial charge in [0.2, 0.25) is 0 Å². The first-order valence-electron chi connectivity index (χ1n) is 7.88. The van der Waals surface area contributed by atoms with Crippen LogP contribution >= 0.6 is 67.8 Å². The Bertz CT molecular complexity index is 905. The van der Waals surface area contributed by atoms with Crippen molar-refractivity contribution in [3.63, 3.8) is 0 Å². The Morgan fingerprint density at radius 1 is 0.793 bits per heavy atom. The number of halogens is 6. The fraction of sp³-hybridized carbons (Fsp3) is 0.0500. The number of benzene rings is 3. The molecule has 0 unspecified atom stereocenters. The molecule has 3 aromatic rings. The first kappa shape index (κ1) is 24.7. The Morgan fingerprint density at radius 3 is 1.45 bits per heavy atom. The largest absolute Gasteiger partial charge is 0.542 e. The molecule has 0 aliphatic carbocycles. The van der Waals surface area contributed by atoms with E-state index in [4.69, 9.17) is 9.90 Å². The number of carboxylic acid groups (broad SMARTS) is 1. The number of carbonyl (C=O) groups is 1. The zero-order chi connectivity index (χ0) is 21.6. The molecule has 3 aromatic carbocycles. The molecule has 9 heteroatoms. The van der Waals surface area contributed by atoms with Crippen LogP contribution in [0.2, 0.25) is 0 Å². The maximum Gasteiger partial charge on any atom is 0.430 e. The van der Waals surface area contributed by atoms with Crippen LogP contribution in [0.5, 0.6) is 0 Å². The van der Waals surface area contributed by atoms with E-state index in [1.807, 2.05) is 0 Å². The Balaban J connectivity index is 0.000000370. The van der Waals surface area contributed by atoms with Crippen molar-refractivity contribution in [2.45, 2.75) is 20.9 Å². The number of alkyl halides is 3. The molecule has 0 aliphatic rings. The third-order valence-electron chi connectivity index (χ3n) is 3.36. The standard InChI is InChI=1S/C18H12I3S.C2HF3O2/c19-13-11-16(20)18(17(21)12-13)22(14-7-3-1-4-8-14)15-9-5-2-6-10-15;3-2(4,5)1(6)7/h1-12H;(H,6,7)/q+1;/p-1. The molecule has 152 valence electrons. The minimum atomic E-state index is -5.19. The predicted molar refractivity (Wildman–Crippen MR) is 131 cm³/mol. The van der Waals surface area contributed by atoms with Crippen LogP contribution in [0.15, 0.2) is 87.5 Å². The summed E-state index contributed by atoms with van der Waals surface area (Å²) in [5.74, 6) is -3.01. The molecule has 29 heavy (non-hydrogen) atoms. The van der Waals surface area contributed by atoms with E-state index in [2.05, 4.69) is 141 Å². The maximum atomic E-state index is 10.5. The molecule has 2 nitrogen and oxygen atoms in total. The van der Waals surface area contributed by atoms with Gasteiger partial charge in [0.1, 0.15) is 16.9 Å². The summed E-state index contributed by atoms with van der Waals surface area (Å²) in [5.41, 5.74) is 0. The fourth-order valence-electron chi connectivity index (χ4n) is 2.21. The molecular formula is C20H12F3I3O2S. The van der Waals surface area contributed by atoms with Gasteiger partial charge in [-0.05, 0) is 104 Å². The van der Waals surface area contributed by atoms with Crippen LogP contribution in [-0.2, 0) is 15.7 Å². The van der Waals surface area contributed by atoms with Crippen molar-refractivity contribution in [3.8, 4) is 0 Å². The van der Waals surface area contributed by atoms with Gasteiger partial charge in [-0.2, -0.15) is 13.2 Å².